The van der Waals surface area contributed by atoms with Gasteiger partial charge in [-0.25, -0.2) is 9.59 Å². The summed E-state index contributed by atoms with van der Waals surface area (Å²) in [7, 11) is 0. The zero-order chi connectivity index (χ0) is 18.5. The van der Waals surface area contributed by atoms with E-state index in [1.807, 2.05) is 0 Å². The Kier molecular flexibility index (Phi) is 5.17. The zero-order valence-electron chi connectivity index (χ0n) is 14.2. The fraction of sp³-hybridized carbons (Fsp3) is 0.211. The summed E-state index contributed by atoms with van der Waals surface area (Å²) in [4.78, 5) is 38.0. The van der Waals surface area contributed by atoms with Crippen molar-refractivity contribution in [2.75, 3.05) is 11.9 Å². The van der Waals surface area contributed by atoms with Crippen molar-refractivity contribution in [1.82, 2.24) is 4.98 Å². The molecule has 0 aliphatic heterocycles. The molecule has 0 aliphatic carbocycles. The number of carbonyl (C=O) groups excluding carboxylic acids is 2. The summed E-state index contributed by atoms with van der Waals surface area (Å²) in [5.74, 6) is -1.20. The number of hydrogen-bond acceptors (Lipinski definition) is 5. The molecule has 2 aromatic carbocycles. The van der Waals surface area contributed by atoms with Gasteiger partial charge < -0.3 is 14.5 Å². The number of benzene rings is 2. The first-order valence-corrected chi connectivity index (χ1v) is 8.24. The van der Waals surface area contributed by atoms with E-state index in [0.717, 1.165) is 5.56 Å². The highest BCUT2D eigenvalue weighted by Crippen LogP contribution is 2.18. The van der Waals surface area contributed by atoms with Crippen LogP contribution in [-0.2, 0) is 16.0 Å². The number of rotatable bonds is 6. The predicted octanol–water partition coefficient (Wildman–Crippen LogP) is 2.87. The molecule has 26 heavy (non-hydrogen) atoms. The maximum Gasteiger partial charge on any atom is 0.417 e. The number of ether oxygens (including phenoxy) is 1. The summed E-state index contributed by atoms with van der Waals surface area (Å²) in [6.07, 6.45) is 0.710. The van der Waals surface area contributed by atoms with Crippen LogP contribution in [-0.4, -0.2) is 23.5 Å². The van der Waals surface area contributed by atoms with Crippen LogP contribution in [0.5, 0.6) is 0 Å². The van der Waals surface area contributed by atoms with Gasteiger partial charge in [-0.15, -0.1) is 0 Å². The van der Waals surface area contributed by atoms with Crippen LogP contribution in [0.1, 0.15) is 29.3 Å². The number of amides is 1. The Labute approximate surface area is 149 Å². The number of aryl methyl sites for hydroxylation is 1. The summed E-state index contributed by atoms with van der Waals surface area (Å²) in [5, 5.41) is 2.75. The summed E-state index contributed by atoms with van der Waals surface area (Å²) < 4.78 is 9.94. The lowest BCUT2D eigenvalue weighted by molar-refractivity contribution is -0.116. The highest BCUT2D eigenvalue weighted by molar-refractivity contribution is 6.01. The average molecular weight is 354 g/mol. The van der Waals surface area contributed by atoms with E-state index in [9.17, 15) is 14.4 Å². The molecule has 3 aromatic rings. The van der Waals surface area contributed by atoms with E-state index in [1.54, 1.807) is 49.4 Å². The van der Waals surface area contributed by atoms with Crippen LogP contribution in [0.25, 0.3) is 11.1 Å². The fourth-order valence-corrected chi connectivity index (χ4v) is 2.60. The Morgan fingerprint density at radius 2 is 2.00 bits per heavy atom. The normalized spacial score (nSPS) is 10.7. The first-order valence-electron chi connectivity index (χ1n) is 8.24. The highest BCUT2D eigenvalue weighted by Gasteiger charge is 2.14. The molecule has 7 nitrogen and oxygen atoms in total. The number of para-hydroxylation sites is 1. The van der Waals surface area contributed by atoms with E-state index in [-0.39, 0.29) is 18.9 Å². The molecule has 0 atom stereocenters. The number of aromatic nitrogens is 1. The average Bonchev–Trinajstić information content (AvgIpc) is 3.00. The zero-order valence-corrected chi connectivity index (χ0v) is 14.2. The third-order valence-corrected chi connectivity index (χ3v) is 3.82. The van der Waals surface area contributed by atoms with Gasteiger partial charge in [0.2, 0.25) is 5.91 Å². The van der Waals surface area contributed by atoms with Gasteiger partial charge in [-0.05, 0) is 43.2 Å². The molecule has 0 aliphatic rings. The van der Waals surface area contributed by atoms with Gasteiger partial charge in [-0.2, -0.15) is 0 Å². The minimum Gasteiger partial charge on any atom is -0.462 e. The molecule has 0 bridgehead atoms. The summed E-state index contributed by atoms with van der Waals surface area (Å²) in [6.45, 7) is 1.99. The number of nitrogens with one attached hydrogen (secondary N) is 2. The van der Waals surface area contributed by atoms with Crippen LogP contribution in [0.4, 0.5) is 5.69 Å². The number of H-pyrrole nitrogens is 1. The quantitative estimate of drug-likeness (QED) is 0.663. The summed E-state index contributed by atoms with van der Waals surface area (Å²) in [5.41, 5.74) is 2.71. The molecule has 0 fully saturated rings. The van der Waals surface area contributed by atoms with Crippen LogP contribution in [0.2, 0.25) is 0 Å². The number of anilines is 1. The molecule has 1 aromatic heterocycles. The first kappa shape index (κ1) is 17.5. The number of hydrogen-bond donors (Lipinski definition) is 2. The van der Waals surface area contributed by atoms with Gasteiger partial charge in [-0.3, -0.25) is 9.78 Å². The molecular weight excluding hydrogens is 336 g/mol. The summed E-state index contributed by atoms with van der Waals surface area (Å²) in [6, 6.07) is 12.0. The molecule has 3 rings (SSSR count). The third-order valence-electron chi connectivity index (χ3n) is 3.82. The van der Waals surface area contributed by atoms with Crippen molar-refractivity contribution in [3.8, 4) is 0 Å². The number of carbonyl (C=O) groups is 2. The van der Waals surface area contributed by atoms with Crippen molar-refractivity contribution in [1.29, 1.82) is 0 Å². The molecule has 0 saturated carbocycles. The smallest absolute Gasteiger partial charge is 0.417 e. The van der Waals surface area contributed by atoms with E-state index in [2.05, 4.69) is 10.3 Å². The van der Waals surface area contributed by atoms with Gasteiger partial charge in [0, 0.05) is 6.42 Å². The van der Waals surface area contributed by atoms with Gasteiger partial charge >= 0.3 is 11.7 Å². The number of oxazole rings is 1. The minimum absolute atomic E-state index is 0.220. The second-order valence-electron chi connectivity index (χ2n) is 5.66. The molecule has 7 heteroatoms. The topological polar surface area (TPSA) is 101 Å². The largest absolute Gasteiger partial charge is 0.462 e. The van der Waals surface area contributed by atoms with Crippen molar-refractivity contribution in [2.24, 2.45) is 0 Å². The minimum atomic E-state index is -0.509. The van der Waals surface area contributed by atoms with Gasteiger partial charge in [0.25, 0.3) is 0 Å². The molecule has 0 saturated heterocycles. The van der Waals surface area contributed by atoms with Crippen molar-refractivity contribution >= 4 is 28.7 Å². The van der Waals surface area contributed by atoms with E-state index in [0.29, 0.717) is 28.8 Å². The lowest BCUT2D eigenvalue weighted by atomic mass is 10.1. The molecule has 1 amide bonds. The second kappa shape index (κ2) is 7.69. The Balaban J connectivity index is 1.65. The molecule has 134 valence electrons. The third kappa shape index (κ3) is 4.00. The van der Waals surface area contributed by atoms with Crippen molar-refractivity contribution in [3.63, 3.8) is 0 Å². The van der Waals surface area contributed by atoms with E-state index < -0.39 is 11.7 Å². The second-order valence-corrected chi connectivity index (χ2v) is 5.66. The van der Waals surface area contributed by atoms with E-state index in [1.165, 1.54) is 0 Å². The number of fused-ring (bicyclic) bond motifs is 1. The standard InChI is InChI=1S/C19H18N2O5/c1-2-25-18(23)13-5-3-4-6-14(13)20-17(22)10-8-12-7-9-16-15(11-12)21-19(24)26-16/h3-7,9,11H,2,8,10H2,1H3,(H,20,22)(H,21,24). The van der Waals surface area contributed by atoms with Gasteiger partial charge in [0.1, 0.15) is 0 Å². The Morgan fingerprint density at radius 3 is 2.81 bits per heavy atom. The fourth-order valence-electron chi connectivity index (χ4n) is 2.60. The molecule has 0 radical (unpaired) electrons. The molecule has 0 unspecified atom stereocenters. The molecule has 0 spiro atoms. The predicted molar refractivity (Wildman–Crippen MR) is 96.2 cm³/mol. The molecular formula is C19H18N2O5. The Hall–Kier alpha value is -3.35. The first-order chi connectivity index (χ1) is 12.6. The highest BCUT2D eigenvalue weighted by atomic mass is 16.5. The van der Waals surface area contributed by atoms with Crippen molar-refractivity contribution in [2.45, 2.75) is 19.8 Å². The van der Waals surface area contributed by atoms with Crippen LogP contribution in [0.3, 0.4) is 0 Å². The lowest BCUT2D eigenvalue weighted by Gasteiger charge is -2.10. The van der Waals surface area contributed by atoms with E-state index >= 15 is 0 Å². The number of esters is 1. The molecule has 1 heterocycles. The Bertz CT molecular complexity index is 1000. The lowest BCUT2D eigenvalue weighted by Crippen LogP contribution is -2.16. The van der Waals surface area contributed by atoms with Crippen LogP contribution in [0, 0.1) is 0 Å². The van der Waals surface area contributed by atoms with Gasteiger partial charge in [0.05, 0.1) is 23.4 Å². The van der Waals surface area contributed by atoms with Gasteiger partial charge in [-0.1, -0.05) is 18.2 Å². The monoisotopic (exact) mass is 354 g/mol. The summed E-state index contributed by atoms with van der Waals surface area (Å²) >= 11 is 0. The van der Waals surface area contributed by atoms with E-state index in [4.69, 9.17) is 9.15 Å². The van der Waals surface area contributed by atoms with Crippen molar-refractivity contribution < 1.29 is 18.7 Å². The number of aromatic amines is 1. The Morgan fingerprint density at radius 1 is 1.19 bits per heavy atom. The van der Waals surface area contributed by atoms with Crippen molar-refractivity contribution in [3.05, 3.63) is 64.1 Å². The van der Waals surface area contributed by atoms with Crippen LogP contribution < -0.4 is 11.1 Å². The maximum absolute atomic E-state index is 12.2. The van der Waals surface area contributed by atoms with Crippen LogP contribution in [0.15, 0.2) is 51.7 Å². The van der Waals surface area contributed by atoms with Crippen LogP contribution >= 0.6 is 0 Å². The SMILES string of the molecule is CCOC(=O)c1ccccc1NC(=O)CCc1ccc2oc(=O)[nH]c2c1. The maximum atomic E-state index is 12.2. The molecule has 2 N–H and O–H groups in total. The van der Waals surface area contributed by atoms with Gasteiger partial charge in [0.15, 0.2) is 5.58 Å².